The van der Waals surface area contributed by atoms with Crippen molar-refractivity contribution >= 4 is 17.2 Å². The molecule has 142 valence electrons. The Kier molecular flexibility index (Phi) is 6.42. The summed E-state index contributed by atoms with van der Waals surface area (Å²) in [5, 5.41) is 4.05. The zero-order valence-electron chi connectivity index (χ0n) is 16.7. The minimum Gasteiger partial charge on any atom is -0.497 e. The molecule has 0 spiro atoms. The van der Waals surface area contributed by atoms with Gasteiger partial charge in [0.25, 0.3) is 5.91 Å². The third-order valence-electron chi connectivity index (χ3n) is 4.20. The average Bonchev–Trinajstić information content (AvgIpc) is 2.97. The molecule has 1 aromatic heterocycles. The van der Waals surface area contributed by atoms with E-state index in [2.05, 4.69) is 42.0 Å². The highest BCUT2D eigenvalue weighted by Gasteiger charge is 2.24. The summed E-state index contributed by atoms with van der Waals surface area (Å²) in [7, 11) is 5.67. The Labute approximate surface area is 160 Å². The van der Waals surface area contributed by atoms with Gasteiger partial charge in [0.2, 0.25) is 0 Å². The van der Waals surface area contributed by atoms with Gasteiger partial charge in [-0.1, -0.05) is 32.9 Å². The van der Waals surface area contributed by atoms with Crippen LogP contribution in [0.5, 0.6) is 5.75 Å². The van der Waals surface area contributed by atoms with Gasteiger partial charge in [0.15, 0.2) is 0 Å². The molecule has 2 aromatic rings. The van der Waals surface area contributed by atoms with Gasteiger partial charge in [-0.3, -0.25) is 4.79 Å². The van der Waals surface area contributed by atoms with Crippen LogP contribution in [0.3, 0.4) is 0 Å². The Morgan fingerprint density at radius 3 is 2.58 bits per heavy atom. The van der Waals surface area contributed by atoms with Gasteiger partial charge in [-0.25, -0.2) is 4.98 Å². The van der Waals surface area contributed by atoms with Gasteiger partial charge in [-0.15, -0.1) is 11.3 Å². The molecule has 1 amide bonds. The summed E-state index contributed by atoms with van der Waals surface area (Å²) in [5.74, 6) is 0.749. The van der Waals surface area contributed by atoms with E-state index in [9.17, 15) is 4.79 Å². The molecule has 0 saturated heterocycles. The lowest BCUT2D eigenvalue weighted by Crippen LogP contribution is -2.34. The van der Waals surface area contributed by atoms with Crippen molar-refractivity contribution < 1.29 is 9.53 Å². The second kappa shape index (κ2) is 8.18. The number of aromatic nitrogens is 1. The Bertz CT molecular complexity index is 763. The van der Waals surface area contributed by atoms with Crippen molar-refractivity contribution in [2.75, 3.05) is 27.7 Å². The number of nitrogens with one attached hydrogen (secondary N) is 1. The van der Waals surface area contributed by atoms with Crippen molar-refractivity contribution in [3.8, 4) is 5.75 Å². The van der Waals surface area contributed by atoms with Crippen LogP contribution in [0, 0.1) is 6.92 Å². The van der Waals surface area contributed by atoms with Gasteiger partial charge in [0, 0.05) is 12.0 Å². The number of carbonyl (C=O) groups excluding carboxylic acids is 1. The smallest absolute Gasteiger partial charge is 0.263 e. The number of hydrogen-bond acceptors (Lipinski definition) is 5. The lowest BCUT2D eigenvalue weighted by Gasteiger charge is -2.25. The number of ether oxygens (including phenoxy) is 1. The van der Waals surface area contributed by atoms with Crippen molar-refractivity contribution in [1.29, 1.82) is 0 Å². The molecule has 26 heavy (non-hydrogen) atoms. The summed E-state index contributed by atoms with van der Waals surface area (Å²) in [6, 6.07) is 8.00. The van der Waals surface area contributed by atoms with Crippen LogP contribution in [-0.2, 0) is 5.41 Å². The molecule has 0 fully saturated rings. The molecule has 0 aliphatic rings. The first-order chi connectivity index (χ1) is 12.1. The van der Waals surface area contributed by atoms with E-state index in [1.165, 1.54) is 11.3 Å². The van der Waals surface area contributed by atoms with Crippen LogP contribution in [0.25, 0.3) is 0 Å². The third kappa shape index (κ3) is 4.83. The Morgan fingerprint density at radius 1 is 1.35 bits per heavy atom. The first kappa shape index (κ1) is 20.4. The number of benzene rings is 1. The van der Waals surface area contributed by atoms with Gasteiger partial charge in [0.05, 0.1) is 23.9 Å². The van der Waals surface area contributed by atoms with Crippen LogP contribution in [0.15, 0.2) is 24.3 Å². The van der Waals surface area contributed by atoms with E-state index in [4.69, 9.17) is 4.74 Å². The van der Waals surface area contributed by atoms with Gasteiger partial charge in [-0.2, -0.15) is 0 Å². The fourth-order valence-corrected chi connectivity index (χ4v) is 3.69. The first-order valence-electron chi connectivity index (χ1n) is 8.70. The molecule has 5 nitrogen and oxygen atoms in total. The summed E-state index contributed by atoms with van der Waals surface area (Å²) in [6.07, 6.45) is 0. The molecule has 6 heteroatoms. The predicted molar refractivity (Wildman–Crippen MR) is 107 cm³/mol. The SMILES string of the molecule is COc1cccc(C(CNC(=O)c2sc(C(C)(C)C)nc2C)N(C)C)c1. The van der Waals surface area contributed by atoms with Crippen molar-refractivity contribution in [2.45, 2.75) is 39.2 Å². The Morgan fingerprint density at radius 2 is 2.04 bits per heavy atom. The minimum absolute atomic E-state index is 0.0548. The van der Waals surface area contributed by atoms with E-state index < -0.39 is 0 Å². The van der Waals surface area contributed by atoms with E-state index in [1.807, 2.05) is 39.2 Å². The fourth-order valence-electron chi connectivity index (χ4n) is 2.64. The highest BCUT2D eigenvalue weighted by molar-refractivity contribution is 7.14. The number of methoxy groups -OCH3 is 1. The minimum atomic E-state index is -0.0646. The highest BCUT2D eigenvalue weighted by atomic mass is 32.1. The van der Waals surface area contributed by atoms with Gasteiger partial charge in [-0.05, 0) is 38.7 Å². The Balaban J connectivity index is 2.14. The maximum atomic E-state index is 12.7. The third-order valence-corrected chi connectivity index (χ3v) is 5.78. The molecular weight excluding hydrogens is 346 g/mol. The molecule has 0 aliphatic carbocycles. The van der Waals surface area contributed by atoms with Gasteiger partial charge < -0.3 is 15.0 Å². The maximum absolute atomic E-state index is 12.7. The number of nitrogens with zero attached hydrogens (tertiary/aromatic N) is 2. The second-order valence-corrected chi connectivity index (χ2v) is 8.65. The van der Waals surface area contributed by atoms with E-state index in [0.29, 0.717) is 11.4 Å². The molecule has 1 unspecified atom stereocenters. The average molecular weight is 376 g/mol. The van der Waals surface area contributed by atoms with E-state index >= 15 is 0 Å². The quantitative estimate of drug-likeness (QED) is 0.835. The van der Waals surface area contributed by atoms with Crippen LogP contribution in [0.1, 0.15) is 52.7 Å². The summed E-state index contributed by atoms with van der Waals surface area (Å²) in [4.78, 5) is 20.1. The van der Waals surface area contributed by atoms with Crippen molar-refractivity contribution in [2.24, 2.45) is 0 Å². The molecule has 1 aromatic carbocycles. The van der Waals surface area contributed by atoms with Crippen LogP contribution >= 0.6 is 11.3 Å². The van der Waals surface area contributed by atoms with Gasteiger partial charge in [0.1, 0.15) is 10.6 Å². The summed E-state index contributed by atoms with van der Waals surface area (Å²) in [6.45, 7) is 8.74. The van der Waals surface area contributed by atoms with E-state index in [0.717, 1.165) is 22.0 Å². The fraction of sp³-hybridized carbons (Fsp3) is 0.500. The lowest BCUT2D eigenvalue weighted by molar-refractivity contribution is 0.0945. The highest BCUT2D eigenvalue weighted by Crippen LogP contribution is 2.29. The zero-order valence-corrected chi connectivity index (χ0v) is 17.5. The van der Waals surface area contributed by atoms with Crippen molar-refractivity contribution in [3.05, 3.63) is 45.4 Å². The maximum Gasteiger partial charge on any atom is 0.263 e. The van der Waals surface area contributed by atoms with Crippen LogP contribution < -0.4 is 10.1 Å². The normalized spacial score (nSPS) is 12.9. The zero-order chi connectivity index (χ0) is 19.5. The Hall–Kier alpha value is -1.92. The van der Waals surface area contributed by atoms with Gasteiger partial charge >= 0.3 is 0 Å². The molecule has 0 bridgehead atoms. The molecule has 0 saturated carbocycles. The molecule has 1 atom stereocenters. The molecular formula is C20H29N3O2S. The molecule has 1 N–H and O–H groups in total. The van der Waals surface area contributed by atoms with Crippen LogP contribution in [0.2, 0.25) is 0 Å². The topological polar surface area (TPSA) is 54.5 Å². The summed E-state index contributed by atoms with van der Waals surface area (Å²) < 4.78 is 5.32. The largest absolute Gasteiger partial charge is 0.497 e. The van der Waals surface area contributed by atoms with E-state index in [-0.39, 0.29) is 17.4 Å². The molecule has 2 rings (SSSR count). The standard InChI is InChI=1S/C20H29N3O2S/c1-13-17(26-19(22-13)20(2,3)4)18(24)21-12-16(23(5)6)14-9-8-10-15(11-14)25-7/h8-11,16H,12H2,1-7H3,(H,21,24). The van der Waals surface area contributed by atoms with Crippen LogP contribution in [0.4, 0.5) is 0 Å². The first-order valence-corrected chi connectivity index (χ1v) is 9.51. The predicted octanol–water partition coefficient (Wildman–Crippen LogP) is 3.79. The van der Waals surface area contributed by atoms with Crippen molar-refractivity contribution in [3.63, 3.8) is 0 Å². The number of likely N-dealkylation sites (N-methyl/N-ethyl adjacent to an activating group) is 1. The lowest BCUT2D eigenvalue weighted by atomic mass is 9.98. The summed E-state index contributed by atoms with van der Waals surface area (Å²) in [5.41, 5.74) is 1.84. The van der Waals surface area contributed by atoms with E-state index in [1.54, 1.807) is 7.11 Å². The number of thiazole rings is 1. The molecule has 1 heterocycles. The number of hydrogen-bond donors (Lipinski definition) is 1. The number of amides is 1. The number of aryl methyl sites for hydroxylation is 1. The van der Waals surface area contributed by atoms with Crippen LogP contribution in [-0.4, -0.2) is 43.5 Å². The molecule has 0 aliphatic heterocycles. The monoisotopic (exact) mass is 375 g/mol. The molecule has 0 radical (unpaired) electrons. The number of carbonyl (C=O) groups is 1. The number of rotatable bonds is 6. The second-order valence-electron chi connectivity index (χ2n) is 7.65. The van der Waals surface area contributed by atoms with Crippen molar-refractivity contribution in [1.82, 2.24) is 15.2 Å². The summed E-state index contributed by atoms with van der Waals surface area (Å²) >= 11 is 1.48.